The maximum absolute atomic E-state index is 8.15. The van der Waals surface area contributed by atoms with Crippen LogP contribution < -0.4 is 5.73 Å². The van der Waals surface area contributed by atoms with Crippen LogP contribution in [0, 0.1) is 11.3 Å². The topological polar surface area (TPSA) is 82.4 Å². The van der Waals surface area contributed by atoms with Gasteiger partial charge in [-0.1, -0.05) is 5.16 Å². The molecule has 0 saturated heterocycles. The van der Waals surface area contributed by atoms with E-state index in [2.05, 4.69) is 5.16 Å². The Morgan fingerprint density at radius 1 is 2.00 bits per heavy atom. The molecule has 0 heterocycles. The van der Waals surface area contributed by atoms with Crippen molar-refractivity contribution in [3.8, 4) is 6.07 Å². The van der Waals surface area contributed by atoms with Crippen LogP contribution >= 0.6 is 0 Å². The Morgan fingerprint density at radius 3 is 2.62 bits per heavy atom. The molecule has 8 heavy (non-hydrogen) atoms. The second-order valence-corrected chi connectivity index (χ2v) is 1.64. The van der Waals surface area contributed by atoms with E-state index in [-0.39, 0.29) is 0 Å². The van der Waals surface area contributed by atoms with Crippen molar-refractivity contribution in [3.63, 3.8) is 0 Å². The molecule has 4 heteroatoms. The van der Waals surface area contributed by atoms with Gasteiger partial charge in [-0.2, -0.15) is 5.26 Å². The third-order valence-corrected chi connectivity index (χ3v) is 0.567. The SMILES string of the molecule is CC(N)(C#N)/C=N/O. The van der Waals surface area contributed by atoms with Gasteiger partial charge in [-0.25, -0.2) is 0 Å². The Balaban J connectivity index is 3.97. The smallest absolute Gasteiger partial charge is 0.140 e. The molecule has 1 unspecified atom stereocenters. The summed E-state index contributed by atoms with van der Waals surface area (Å²) in [6, 6.07) is 1.71. The van der Waals surface area contributed by atoms with E-state index in [0.29, 0.717) is 0 Å². The zero-order valence-electron chi connectivity index (χ0n) is 4.50. The Hall–Kier alpha value is -1.08. The van der Waals surface area contributed by atoms with Gasteiger partial charge in [0.2, 0.25) is 0 Å². The number of hydrogen-bond acceptors (Lipinski definition) is 4. The zero-order chi connectivity index (χ0) is 6.62. The lowest BCUT2D eigenvalue weighted by molar-refractivity contribution is 0.319. The molecule has 0 spiro atoms. The lowest BCUT2D eigenvalue weighted by Gasteiger charge is -2.03. The number of oxime groups is 1. The fourth-order valence-electron chi connectivity index (χ4n) is 0.149. The van der Waals surface area contributed by atoms with E-state index in [4.69, 9.17) is 16.2 Å². The van der Waals surface area contributed by atoms with Crippen molar-refractivity contribution in [1.82, 2.24) is 0 Å². The molecule has 0 rings (SSSR count). The minimum Gasteiger partial charge on any atom is -0.411 e. The first-order valence-corrected chi connectivity index (χ1v) is 2.01. The first kappa shape index (κ1) is 6.92. The Bertz CT molecular complexity index is 133. The van der Waals surface area contributed by atoms with Gasteiger partial charge < -0.3 is 10.9 Å². The number of hydrogen-bond donors (Lipinski definition) is 2. The maximum atomic E-state index is 8.15. The van der Waals surface area contributed by atoms with E-state index in [1.165, 1.54) is 6.92 Å². The van der Waals surface area contributed by atoms with Crippen LogP contribution in [0.5, 0.6) is 0 Å². The number of nitrogens with two attached hydrogens (primary N) is 1. The molecule has 0 radical (unpaired) electrons. The van der Waals surface area contributed by atoms with E-state index in [9.17, 15) is 0 Å². The second kappa shape index (κ2) is 2.28. The Morgan fingerprint density at radius 2 is 2.50 bits per heavy atom. The zero-order valence-corrected chi connectivity index (χ0v) is 4.50. The molecule has 0 aromatic carbocycles. The molecule has 0 aliphatic heterocycles. The van der Waals surface area contributed by atoms with E-state index in [0.717, 1.165) is 6.21 Å². The van der Waals surface area contributed by atoms with Crippen LogP contribution in [0.3, 0.4) is 0 Å². The highest BCUT2D eigenvalue weighted by Gasteiger charge is 2.12. The van der Waals surface area contributed by atoms with Crippen LogP contribution in [0.15, 0.2) is 5.16 Å². The number of nitriles is 1. The van der Waals surface area contributed by atoms with Gasteiger partial charge in [0, 0.05) is 0 Å². The molecule has 0 fully saturated rings. The quantitative estimate of drug-likeness (QED) is 0.278. The van der Waals surface area contributed by atoms with Crippen LogP contribution in [-0.2, 0) is 0 Å². The van der Waals surface area contributed by atoms with Gasteiger partial charge in [-0.15, -0.1) is 0 Å². The van der Waals surface area contributed by atoms with Crippen molar-refractivity contribution in [1.29, 1.82) is 5.26 Å². The van der Waals surface area contributed by atoms with Crippen LogP contribution in [0.1, 0.15) is 6.92 Å². The van der Waals surface area contributed by atoms with Crippen molar-refractivity contribution in [3.05, 3.63) is 0 Å². The molecular weight excluding hydrogens is 106 g/mol. The fraction of sp³-hybridized carbons (Fsp3) is 0.500. The second-order valence-electron chi connectivity index (χ2n) is 1.64. The molecule has 0 amide bonds. The predicted molar refractivity (Wildman–Crippen MR) is 28.5 cm³/mol. The molecule has 4 nitrogen and oxygen atoms in total. The van der Waals surface area contributed by atoms with Crippen LogP contribution in [-0.4, -0.2) is 17.0 Å². The minimum absolute atomic E-state index is 0.965. The van der Waals surface area contributed by atoms with Crippen LogP contribution in [0.2, 0.25) is 0 Å². The normalized spacial score (nSPS) is 17.6. The van der Waals surface area contributed by atoms with Crippen molar-refractivity contribution in [2.45, 2.75) is 12.5 Å². The average molecular weight is 113 g/mol. The summed E-state index contributed by atoms with van der Waals surface area (Å²) in [4.78, 5) is 0. The van der Waals surface area contributed by atoms with Gasteiger partial charge in [0.1, 0.15) is 5.54 Å². The van der Waals surface area contributed by atoms with Gasteiger partial charge >= 0.3 is 0 Å². The van der Waals surface area contributed by atoms with E-state index < -0.39 is 5.54 Å². The van der Waals surface area contributed by atoms with Crippen molar-refractivity contribution >= 4 is 6.21 Å². The summed E-state index contributed by atoms with van der Waals surface area (Å²) in [5.41, 5.74) is 4.01. The van der Waals surface area contributed by atoms with Crippen molar-refractivity contribution in [2.75, 3.05) is 0 Å². The molecule has 0 aliphatic rings. The molecule has 44 valence electrons. The summed E-state index contributed by atoms with van der Waals surface area (Å²) >= 11 is 0. The molecule has 0 saturated carbocycles. The third-order valence-electron chi connectivity index (χ3n) is 0.567. The summed E-state index contributed by atoms with van der Waals surface area (Å²) < 4.78 is 0. The van der Waals surface area contributed by atoms with Gasteiger partial charge in [0.15, 0.2) is 0 Å². The Labute approximate surface area is 47.2 Å². The molecule has 0 aromatic heterocycles. The number of nitrogens with zero attached hydrogens (tertiary/aromatic N) is 2. The van der Waals surface area contributed by atoms with E-state index >= 15 is 0 Å². The van der Waals surface area contributed by atoms with Gasteiger partial charge in [-0.3, -0.25) is 0 Å². The highest BCUT2D eigenvalue weighted by molar-refractivity contribution is 5.72. The number of rotatable bonds is 1. The summed E-state index contributed by atoms with van der Waals surface area (Å²) in [5.74, 6) is 0. The van der Waals surface area contributed by atoms with Crippen molar-refractivity contribution < 1.29 is 5.21 Å². The van der Waals surface area contributed by atoms with Crippen LogP contribution in [0.25, 0.3) is 0 Å². The van der Waals surface area contributed by atoms with Gasteiger partial charge in [-0.05, 0) is 6.92 Å². The summed E-state index contributed by atoms with van der Waals surface area (Å²) in [6.07, 6.45) is 0.965. The largest absolute Gasteiger partial charge is 0.411 e. The molecular formula is C4H7N3O. The van der Waals surface area contributed by atoms with E-state index in [1.807, 2.05) is 0 Å². The van der Waals surface area contributed by atoms with Gasteiger partial charge in [0.05, 0.1) is 12.3 Å². The molecule has 0 bridgehead atoms. The lowest BCUT2D eigenvalue weighted by Crippen LogP contribution is -2.35. The fourth-order valence-corrected chi connectivity index (χ4v) is 0.149. The maximum Gasteiger partial charge on any atom is 0.140 e. The molecule has 1 atom stereocenters. The molecule has 0 aliphatic carbocycles. The first-order chi connectivity index (χ1) is 3.62. The molecule has 3 N–H and O–H groups in total. The summed E-state index contributed by atoms with van der Waals surface area (Å²) in [5, 5.41) is 18.6. The highest BCUT2D eigenvalue weighted by Crippen LogP contribution is 1.88. The first-order valence-electron chi connectivity index (χ1n) is 2.01. The summed E-state index contributed by atoms with van der Waals surface area (Å²) in [6.45, 7) is 1.44. The van der Waals surface area contributed by atoms with E-state index in [1.54, 1.807) is 6.07 Å². The monoisotopic (exact) mass is 113 g/mol. The average Bonchev–Trinajstić information content (AvgIpc) is 1.67. The molecule has 0 aromatic rings. The lowest BCUT2D eigenvalue weighted by atomic mass is 10.1. The minimum atomic E-state index is -1.14. The predicted octanol–water partition coefficient (Wildman–Crippen LogP) is -0.313. The van der Waals surface area contributed by atoms with Crippen LogP contribution in [0.4, 0.5) is 0 Å². The third kappa shape index (κ3) is 2.16. The summed E-state index contributed by atoms with van der Waals surface area (Å²) in [7, 11) is 0. The van der Waals surface area contributed by atoms with Gasteiger partial charge in [0.25, 0.3) is 0 Å². The van der Waals surface area contributed by atoms with Crippen molar-refractivity contribution in [2.24, 2.45) is 10.9 Å². The Kier molecular flexibility index (Phi) is 1.98. The highest BCUT2D eigenvalue weighted by atomic mass is 16.4. The standard InChI is InChI=1S/C4H7N3O/c1-4(6,2-5)3-7-8/h3,8H,6H2,1H3/b7-3+.